The summed E-state index contributed by atoms with van der Waals surface area (Å²) >= 11 is 1.36. The van der Waals surface area contributed by atoms with E-state index in [0.717, 1.165) is 39.7 Å². The van der Waals surface area contributed by atoms with Crippen LogP contribution in [0.5, 0.6) is 5.19 Å². The fraction of sp³-hybridized carbons (Fsp3) is 0.333. The van der Waals surface area contributed by atoms with E-state index in [1.165, 1.54) is 23.5 Å². The van der Waals surface area contributed by atoms with Crippen LogP contribution in [0.1, 0.15) is 34.3 Å². The normalized spacial score (nSPS) is 15.3. The van der Waals surface area contributed by atoms with Gasteiger partial charge < -0.3 is 9.64 Å². The summed E-state index contributed by atoms with van der Waals surface area (Å²) in [5.74, 6) is -0.188. The summed E-state index contributed by atoms with van der Waals surface area (Å²) in [4.78, 5) is 19.1. The second-order valence-electron chi connectivity index (χ2n) is 7.08. The first-order valence-electron chi connectivity index (χ1n) is 9.08. The highest BCUT2D eigenvalue weighted by atomic mass is 32.1. The van der Waals surface area contributed by atoms with Gasteiger partial charge in [0.05, 0.1) is 10.2 Å². The molecule has 4 nitrogen and oxygen atoms in total. The lowest BCUT2D eigenvalue weighted by atomic mass is 10.0. The van der Waals surface area contributed by atoms with E-state index in [1.807, 2.05) is 30.9 Å². The number of amides is 1. The maximum Gasteiger partial charge on any atom is 0.274 e. The molecule has 2 aromatic carbocycles. The number of carbonyl (C=O) groups is 1. The molecule has 0 saturated carbocycles. The van der Waals surface area contributed by atoms with Crippen LogP contribution in [0.25, 0.3) is 10.2 Å². The number of aryl methyl sites for hydroxylation is 2. The van der Waals surface area contributed by atoms with E-state index in [1.54, 1.807) is 6.07 Å². The van der Waals surface area contributed by atoms with Crippen LogP contribution < -0.4 is 4.74 Å². The minimum atomic E-state index is -0.268. The second kappa shape index (κ2) is 7.27. The molecule has 0 bridgehead atoms. The number of fused-ring (bicyclic) bond motifs is 1. The first-order chi connectivity index (χ1) is 13.0. The van der Waals surface area contributed by atoms with Crippen LogP contribution in [0.2, 0.25) is 0 Å². The first kappa shape index (κ1) is 17.9. The maximum absolute atomic E-state index is 13.3. The first-order valence-corrected chi connectivity index (χ1v) is 9.90. The Morgan fingerprint density at radius 3 is 2.56 bits per heavy atom. The van der Waals surface area contributed by atoms with Crippen LogP contribution in [-0.4, -0.2) is 35.0 Å². The summed E-state index contributed by atoms with van der Waals surface area (Å²) in [6.45, 7) is 5.34. The van der Waals surface area contributed by atoms with E-state index in [9.17, 15) is 9.18 Å². The molecule has 0 radical (unpaired) electrons. The molecule has 27 heavy (non-hydrogen) atoms. The van der Waals surface area contributed by atoms with Gasteiger partial charge in [0.25, 0.3) is 11.1 Å². The van der Waals surface area contributed by atoms with E-state index < -0.39 is 0 Å². The summed E-state index contributed by atoms with van der Waals surface area (Å²) in [5.41, 5.74) is 3.70. The van der Waals surface area contributed by atoms with Crippen molar-refractivity contribution in [3.8, 4) is 5.19 Å². The van der Waals surface area contributed by atoms with Crippen molar-refractivity contribution in [2.24, 2.45) is 0 Å². The topological polar surface area (TPSA) is 42.4 Å². The van der Waals surface area contributed by atoms with Crippen molar-refractivity contribution in [2.45, 2.75) is 32.8 Å². The molecular weight excluding hydrogens is 363 g/mol. The molecule has 3 aromatic rings. The summed E-state index contributed by atoms with van der Waals surface area (Å²) in [6, 6.07) is 10.5. The van der Waals surface area contributed by atoms with Gasteiger partial charge in [0.15, 0.2) is 0 Å². The average molecular weight is 384 g/mol. The van der Waals surface area contributed by atoms with Gasteiger partial charge in [-0.15, -0.1) is 0 Å². The number of thiazole rings is 1. The van der Waals surface area contributed by atoms with Crippen molar-refractivity contribution in [1.29, 1.82) is 0 Å². The van der Waals surface area contributed by atoms with Crippen LogP contribution in [0.3, 0.4) is 0 Å². The zero-order valence-electron chi connectivity index (χ0n) is 15.4. The number of carbonyl (C=O) groups excluding carboxylic acids is 1. The highest BCUT2D eigenvalue weighted by molar-refractivity contribution is 7.20. The quantitative estimate of drug-likeness (QED) is 0.655. The molecule has 4 rings (SSSR count). The Labute approximate surface area is 161 Å². The van der Waals surface area contributed by atoms with E-state index in [-0.39, 0.29) is 17.8 Å². The monoisotopic (exact) mass is 384 g/mol. The van der Waals surface area contributed by atoms with Gasteiger partial charge in [-0.2, -0.15) is 0 Å². The Morgan fingerprint density at radius 1 is 1.15 bits per heavy atom. The lowest BCUT2D eigenvalue weighted by Gasteiger charge is -2.31. The molecule has 6 heteroatoms. The van der Waals surface area contributed by atoms with E-state index in [2.05, 4.69) is 11.1 Å². The standard InChI is InChI=1S/C21H21FN2O2S/c1-13-9-14(2)11-15(10-13)20(25)24-7-5-17(6-8-24)26-21-23-18-4-3-16(22)12-19(18)27-21/h3-4,9-12,17H,5-8H2,1-2H3. The predicted molar refractivity (Wildman–Crippen MR) is 105 cm³/mol. The molecular formula is C21H21FN2O2S. The molecule has 1 aromatic heterocycles. The smallest absolute Gasteiger partial charge is 0.274 e. The molecule has 0 aliphatic carbocycles. The molecule has 0 N–H and O–H groups in total. The molecule has 0 unspecified atom stereocenters. The fourth-order valence-corrected chi connectivity index (χ4v) is 4.43. The molecule has 0 spiro atoms. The van der Waals surface area contributed by atoms with Gasteiger partial charge in [0.2, 0.25) is 0 Å². The highest BCUT2D eigenvalue weighted by Crippen LogP contribution is 2.30. The van der Waals surface area contributed by atoms with Gasteiger partial charge in [0.1, 0.15) is 11.9 Å². The Morgan fingerprint density at radius 2 is 1.85 bits per heavy atom. The number of hydrogen-bond donors (Lipinski definition) is 0. The van der Waals surface area contributed by atoms with Crippen molar-refractivity contribution in [1.82, 2.24) is 9.88 Å². The van der Waals surface area contributed by atoms with Crippen molar-refractivity contribution in [2.75, 3.05) is 13.1 Å². The summed E-state index contributed by atoms with van der Waals surface area (Å²) < 4.78 is 20.1. The Hall–Kier alpha value is -2.47. The lowest BCUT2D eigenvalue weighted by molar-refractivity contribution is 0.0595. The van der Waals surface area contributed by atoms with Gasteiger partial charge in [-0.1, -0.05) is 28.5 Å². The van der Waals surface area contributed by atoms with Gasteiger partial charge in [0, 0.05) is 31.5 Å². The number of ether oxygens (including phenoxy) is 1. The minimum Gasteiger partial charge on any atom is -0.467 e. The van der Waals surface area contributed by atoms with Crippen molar-refractivity contribution < 1.29 is 13.9 Å². The number of likely N-dealkylation sites (tertiary alicyclic amines) is 1. The number of halogens is 1. The van der Waals surface area contributed by atoms with Crippen molar-refractivity contribution in [3.05, 3.63) is 58.9 Å². The SMILES string of the molecule is Cc1cc(C)cc(C(=O)N2CCC(Oc3nc4ccc(F)cc4s3)CC2)c1. The number of hydrogen-bond acceptors (Lipinski definition) is 4. The van der Waals surface area contributed by atoms with Crippen LogP contribution in [0, 0.1) is 19.7 Å². The molecule has 1 aliphatic heterocycles. The lowest BCUT2D eigenvalue weighted by Crippen LogP contribution is -2.41. The Balaban J connectivity index is 1.38. The number of rotatable bonds is 3. The summed E-state index contributed by atoms with van der Waals surface area (Å²) in [6.07, 6.45) is 1.56. The Bertz CT molecular complexity index is 973. The third-order valence-corrected chi connectivity index (χ3v) is 5.71. The van der Waals surface area contributed by atoms with Crippen molar-refractivity contribution in [3.63, 3.8) is 0 Å². The second-order valence-corrected chi connectivity index (χ2v) is 8.07. The molecule has 1 amide bonds. The molecule has 1 aliphatic rings. The Kier molecular flexibility index (Phi) is 4.83. The van der Waals surface area contributed by atoms with Crippen LogP contribution >= 0.6 is 11.3 Å². The number of piperidine rings is 1. The molecule has 0 atom stereocenters. The molecule has 140 valence electrons. The third-order valence-electron chi connectivity index (χ3n) is 4.80. The predicted octanol–water partition coefficient (Wildman–Crippen LogP) is 4.74. The average Bonchev–Trinajstić information content (AvgIpc) is 3.02. The number of benzene rings is 2. The van der Waals surface area contributed by atoms with E-state index >= 15 is 0 Å². The molecule has 1 saturated heterocycles. The van der Waals surface area contributed by atoms with Crippen LogP contribution in [-0.2, 0) is 0 Å². The number of nitrogens with zero attached hydrogens (tertiary/aromatic N) is 2. The van der Waals surface area contributed by atoms with Crippen LogP contribution in [0.15, 0.2) is 36.4 Å². The molecule has 2 heterocycles. The summed E-state index contributed by atoms with van der Waals surface area (Å²) in [7, 11) is 0. The highest BCUT2D eigenvalue weighted by Gasteiger charge is 2.25. The third kappa shape index (κ3) is 3.95. The zero-order valence-corrected chi connectivity index (χ0v) is 16.2. The van der Waals surface area contributed by atoms with Gasteiger partial charge >= 0.3 is 0 Å². The largest absolute Gasteiger partial charge is 0.467 e. The minimum absolute atomic E-state index is 0.0266. The van der Waals surface area contributed by atoms with Gasteiger partial charge in [-0.05, 0) is 44.2 Å². The fourth-order valence-electron chi connectivity index (χ4n) is 3.53. The maximum atomic E-state index is 13.3. The van der Waals surface area contributed by atoms with Gasteiger partial charge in [-0.3, -0.25) is 4.79 Å². The zero-order chi connectivity index (χ0) is 19.0. The van der Waals surface area contributed by atoms with Crippen LogP contribution in [0.4, 0.5) is 4.39 Å². The summed E-state index contributed by atoms with van der Waals surface area (Å²) in [5, 5.41) is 0.565. The van der Waals surface area contributed by atoms with Crippen molar-refractivity contribution >= 4 is 27.5 Å². The molecule has 1 fully saturated rings. The number of aromatic nitrogens is 1. The van der Waals surface area contributed by atoms with E-state index in [4.69, 9.17) is 4.74 Å². The van der Waals surface area contributed by atoms with E-state index in [0.29, 0.717) is 18.3 Å². The van der Waals surface area contributed by atoms with Gasteiger partial charge in [-0.25, -0.2) is 9.37 Å².